The first-order valence-corrected chi connectivity index (χ1v) is 9.89. The van der Waals surface area contributed by atoms with Crippen molar-refractivity contribution in [1.29, 1.82) is 5.26 Å². The van der Waals surface area contributed by atoms with Gasteiger partial charge in [0.15, 0.2) is 0 Å². The van der Waals surface area contributed by atoms with Crippen molar-refractivity contribution in [3.05, 3.63) is 101 Å². The second-order valence-electron chi connectivity index (χ2n) is 6.29. The molecule has 0 amide bonds. The van der Waals surface area contributed by atoms with Gasteiger partial charge in [-0.2, -0.15) is 5.26 Å². The quantitative estimate of drug-likeness (QED) is 0.406. The lowest BCUT2D eigenvalue weighted by Crippen LogP contribution is -2.07. The maximum absolute atomic E-state index is 12.8. The van der Waals surface area contributed by atoms with Crippen LogP contribution in [0.25, 0.3) is 21.7 Å². The minimum atomic E-state index is -0.442. The van der Waals surface area contributed by atoms with E-state index in [-0.39, 0.29) is 6.61 Å². The smallest absolute Gasteiger partial charge is 0.339 e. The molecule has 0 unspecified atom stereocenters. The summed E-state index contributed by atoms with van der Waals surface area (Å²) in [5.41, 5.74) is 4.07. The molecular weight excluding hydrogens is 380 g/mol. The van der Waals surface area contributed by atoms with Crippen LogP contribution in [-0.4, -0.2) is 11.0 Å². The van der Waals surface area contributed by atoms with Gasteiger partial charge in [0.25, 0.3) is 0 Å². The zero-order valence-electron chi connectivity index (χ0n) is 15.4. The Balaban J connectivity index is 1.53. The minimum Gasteiger partial charge on any atom is -0.456 e. The van der Waals surface area contributed by atoms with Crippen LogP contribution in [0.3, 0.4) is 0 Å². The normalized spacial score (nSPS) is 10.3. The van der Waals surface area contributed by atoms with Gasteiger partial charge in [0.1, 0.15) is 11.6 Å². The summed E-state index contributed by atoms with van der Waals surface area (Å²) in [6.07, 6.45) is 0. The minimum absolute atomic E-state index is 0.0936. The van der Waals surface area contributed by atoms with Crippen molar-refractivity contribution in [3.63, 3.8) is 0 Å². The van der Waals surface area contributed by atoms with Crippen molar-refractivity contribution in [2.75, 3.05) is 0 Å². The van der Waals surface area contributed by atoms with Gasteiger partial charge in [0, 0.05) is 16.5 Å². The Labute approximate surface area is 172 Å². The summed E-state index contributed by atoms with van der Waals surface area (Å²) >= 11 is 1.52. The molecule has 0 N–H and O–H groups in total. The standard InChI is InChI=1S/C24H16N2O2S/c25-14-18-10-4-5-11-20(18)21-12-6-7-13-22(21)24(27)28-15-19-16-29-23(26-19)17-8-2-1-3-9-17/h1-13,16H,15H2. The van der Waals surface area contributed by atoms with Gasteiger partial charge in [-0.15, -0.1) is 11.3 Å². The van der Waals surface area contributed by atoms with Crippen LogP contribution in [0.15, 0.2) is 84.2 Å². The molecule has 0 bridgehead atoms. The van der Waals surface area contributed by atoms with Crippen LogP contribution in [0.2, 0.25) is 0 Å². The molecule has 0 saturated heterocycles. The number of aromatic nitrogens is 1. The highest BCUT2D eigenvalue weighted by atomic mass is 32.1. The van der Waals surface area contributed by atoms with E-state index in [0.29, 0.717) is 27.9 Å². The topological polar surface area (TPSA) is 63.0 Å². The highest BCUT2D eigenvalue weighted by Crippen LogP contribution is 2.28. The highest BCUT2D eigenvalue weighted by Gasteiger charge is 2.16. The molecule has 5 heteroatoms. The number of benzene rings is 3. The Kier molecular flexibility index (Phi) is 5.46. The fourth-order valence-corrected chi connectivity index (χ4v) is 3.83. The van der Waals surface area contributed by atoms with E-state index in [4.69, 9.17) is 4.74 Å². The van der Waals surface area contributed by atoms with Gasteiger partial charge in [0.2, 0.25) is 0 Å². The van der Waals surface area contributed by atoms with Crippen molar-refractivity contribution in [2.45, 2.75) is 6.61 Å². The second-order valence-corrected chi connectivity index (χ2v) is 7.15. The molecule has 1 heterocycles. The number of ether oxygens (including phenoxy) is 1. The van der Waals surface area contributed by atoms with Gasteiger partial charge in [-0.1, -0.05) is 66.7 Å². The van der Waals surface area contributed by atoms with Gasteiger partial charge >= 0.3 is 5.97 Å². The number of carbonyl (C=O) groups excluding carboxylic acids is 1. The Morgan fingerprint density at radius 1 is 0.931 bits per heavy atom. The third-order valence-electron chi connectivity index (χ3n) is 4.41. The number of esters is 1. The van der Waals surface area contributed by atoms with Gasteiger partial charge in [-0.05, 0) is 17.7 Å². The van der Waals surface area contributed by atoms with Crippen LogP contribution < -0.4 is 0 Å². The average Bonchev–Trinajstić information content (AvgIpc) is 3.27. The van der Waals surface area contributed by atoms with E-state index >= 15 is 0 Å². The number of nitriles is 1. The number of hydrogen-bond donors (Lipinski definition) is 0. The average molecular weight is 396 g/mol. The molecule has 29 heavy (non-hydrogen) atoms. The lowest BCUT2D eigenvalue weighted by molar-refractivity contribution is 0.0469. The van der Waals surface area contributed by atoms with Crippen LogP contribution in [0.5, 0.6) is 0 Å². The first kappa shape index (κ1) is 18.6. The van der Waals surface area contributed by atoms with Crippen molar-refractivity contribution in [1.82, 2.24) is 4.98 Å². The third kappa shape index (κ3) is 4.08. The molecule has 4 aromatic rings. The van der Waals surface area contributed by atoms with Gasteiger partial charge < -0.3 is 4.74 Å². The molecule has 0 aliphatic carbocycles. The van der Waals surface area contributed by atoms with E-state index in [9.17, 15) is 10.1 Å². The fraction of sp³-hybridized carbons (Fsp3) is 0.0417. The summed E-state index contributed by atoms with van der Waals surface area (Å²) in [6.45, 7) is 0.0936. The number of carbonyl (C=O) groups is 1. The maximum Gasteiger partial charge on any atom is 0.339 e. The summed E-state index contributed by atoms with van der Waals surface area (Å²) in [5.74, 6) is -0.442. The lowest BCUT2D eigenvalue weighted by Gasteiger charge is -2.10. The van der Waals surface area contributed by atoms with Crippen LogP contribution >= 0.6 is 11.3 Å². The molecule has 0 radical (unpaired) electrons. The molecule has 0 atom stereocenters. The van der Waals surface area contributed by atoms with E-state index in [1.807, 2.05) is 60.0 Å². The summed E-state index contributed by atoms with van der Waals surface area (Å²) in [7, 11) is 0. The van der Waals surface area contributed by atoms with E-state index in [2.05, 4.69) is 11.1 Å². The third-order valence-corrected chi connectivity index (χ3v) is 5.35. The molecule has 0 aliphatic heterocycles. The Morgan fingerprint density at radius 2 is 1.62 bits per heavy atom. The van der Waals surface area contributed by atoms with Crippen molar-refractivity contribution in [2.24, 2.45) is 0 Å². The molecule has 0 fully saturated rings. The van der Waals surface area contributed by atoms with Crippen molar-refractivity contribution < 1.29 is 9.53 Å². The molecular formula is C24H16N2O2S. The molecule has 0 saturated carbocycles. The lowest BCUT2D eigenvalue weighted by atomic mass is 9.96. The van der Waals surface area contributed by atoms with Crippen molar-refractivity contribution in [3.8, 4) is 27.8 Å². The summed E-state index contributed by atoms with van der Waals surface area (Å²) < 4.78 is 5.52. The second kappa shape index (κ2) is 8.51. The van der Waals surface area contributed by atoms with Gasteiger partial charge in [0.05, 0.1) is 22.9 Å². The largest absolute Gasteiger partial charge is 0.456 e. The number of hydrogen-bond acceptors (Lipinski definition) is 5. The molecule has 4 nitrogen and oxygen atoms in total. The maximum atomic E-state index is 12.8. The highest BCUT2D eigenvalue weighted by molar-refractivity contribution is 7.13. The van der Waals surface area contributed by atoms with Crippen LogP contribution in [0.4, 0.5) is 0 Å². The van der Waals surface area contributed by atoms with Crippen LogP contribution in [0.1, 0.15) is 21.6 Å². The Morgan fingerprint density at radius 3 is 2.41 bits per heavy atom. The SMILES string of the molecule is N#Cc1ccccc1-c1ccccc1C(=O)OCc1csc(-c2ccccc2)n1. The Hall–Kier alpha value is -3.75. The Bertz CT molecular complexity index is 1190. The predicted octanol–water partition coefficient (Wildman–Crippen LogP) is 5.71. The van der Waals surface area contributed by atoms with Crippen molar-refractivity contribution >= 4 is 17.3 Å². The molecule has 4 rings (SSSR count). The molecule has 140 valence electrons. The zero-order chi connectivity index (χ0) is 20.1. The molecule has 3 aromatic carbocycles. The first-order valence-electron chi connectivity index (χ1n) is 9.02. The zero-order valence-corrected chi connectivity index (χ0v) is 16.2. The summed E-state index contributed by atoms with van der Waals surface area (Å²) in [6, 6.07) is 26.4. The molecule has 0 aliphatic rings. The van der Waals surface area contributed by atoms with E-state index in [1.165, 1.54) is 11.3 Å². The van der Waals surface area contributed by atoms with Crippen LogP contribution in [0, 0.1) is 11.3 Å². The molecule has 0 spiro atoms. The summed E-state index contributed by atoms with van der Waals surface area (Å²) in [4.78, 5) is 17.3. The van der Waals surface area contributed by atoms with E-state index in [1.54, 1.807) is 24.3 Å². The van der Waals surface area contributed by atoms with Gasteiger partial charge in [-0.3, -0.25) is 0 Å². The number of nitrogens with zero attached hydrogens (tertiary/aromatic N) is 2. The molecule has 1 aromatic heterocycles. The van der Waals surface area contributed by atoms with E-state index < -0.39 is 5.97 Å². The predicted molar refractivity (Wildman–Crippen MR) is 113 cm³/mol. The monoisotopic (exact) mass is 396 g/mol. The van der Waals surface area contributed by atoms with Gasteiger partial charge in [-0.25, -0.2) is 9.78 Å². The first-order chi connectivity index (χ1) is 14.3. The number of rotatable bonds is 5. The number of thiazole rings is 1. The van der Waals surface area contributed by atoms with Crippen LogP contribution in [-0.2, 0) is 11.3 Å². The summed E-state index contributed by atoms with van der Waals surface area (Å²) in [5, 5.41) is 12.2. The van der Waals surface area contributed by atoms with E-state index in [0.717, 1.165) is 10.6 Å². The fourth-order valence-electron chi connectivity index (χ4n) is 3.02.